The summed E-state index contributed by atoms with van der Waals surface area (Å²) in [5.74, 6) is 1.42. The van der Waals surface area contributed by atoms with Crippen molar-refractivity contribution in [2.75, 3.05) is 38.2 Å². The fourth-order valence-electron chi connectivity index (χ4n) is 4.04. The van der Waals surface area contributed by atoms with Crippen LogP contribution in [0.1, 0.15) is 23.6 Å². The van der Waals surface area contributed by atoms with Crippen molar-refractivity contribution < 1.29 is 13.2 Å². The van der Waals surface area contributed by atoms with Gasteiger partial charge in [0.05, 0.1) is 7.11 Å². The van der Waals surface area contributed by atoms with Gasteiger partial charge in [-0.15, -0.1) is 4.40 Å². The first-order valence-corrected chi connectivity index (χ1v) is 11.5. The molecule has 0 aliphatic carbocycles. The second kappa shape index (κ2) is 7.80. The van der Waals surface area contributed by atoms with E-state index in [0.29, 0.717) is 16.3 Å². The average Bonchev–Trinajstić information content (AvgIpc) is 2.99. The number of benzene rings is 2. The molecule has 2 aliphatic rings. The van der Waals surface area contributed by atoms with Crippen LogP contribution in [0.5, 0.6) is 5.75 Å². The molecule has 1 saturated heterocycles. The largest absolute Gasteiger partial charge is 0.497 e. The highest BCUT2D eigenvalue weighted by Gasteiger charge is 2.34. The number of aryl methyl sites for hydroxylation is 2. The van der Waals surface area contributed by atoms with Gasteiger partial charge in [-0.1, -0.05) is 18.2 Å². The van der Waals surface area contributed by atoms with Gasteiger partial charge in [0.25, 0.3) is 10.0 Å². The molecule has 0 radical (unpaired) electrons. The van der Waals surface area contributed by atoms with E-state index >= 15 is 0 Å². The summed E-state index contributed by atoms with van der Waals surface area (Å²) in [4.78, 5) is 4.71. The minimum Gasteiger partial charge on any atom is -0.497 e. The number of rotatable bonds is 3. The topological polar surface area (TPSA) is 62.2 Å². The highest BCUT2D eigenvalue weighted by molar-refractivity contribution is 8.00. The Labute approximate surface area is 178 Å². The second-order valence-corrected chi connectivity index (χ2v) is 9.36. The van der Waals surface area contributed by atoms with Crippen LogP contribution in [0.2, 0.25) is 0 Å². The van der Waals surface area contributed by atoms with Crippen molar-refractivity contribution in [3.63, 3.8) is 0 Å². The third-order valence-corrected chi connectivity index (χ3v) is 7.40. The van der Waals surface area contributed by atoms with Crippen LogP contribution in [-0.4, -0.2) is 52.4 Å². The molecular formula is C23H27N3O3S. The molecular weight excluding hydrogens is 398 g/mol. The van der Waals surface area contributed by atoms with E-state index in [1.807, 2.05) is 51.1 Å². The standard InChI is InChI=1S/C23H27N3O3S/c1-16-5-6-19(15-17(16)2)22-18(3)23(24-30(22,27)28)26-13-11-25(12-14-26)20-7-9-21(29-4)10-8-20/h5-10,15H,11-14H2,1-4H3. The van der Waals surface area contributed by atoms with Crippen molar-refractivity contribution in [3.05, 3.63) is 64.7 Å². The number of hydrogen-bond acceptors (Lipinski definition) is 5. The molecule has 2 aromatic rings. The Kier molecular flexibility index (Phi) is 5.32. The Morgan fingerprint density at radius 2 is 1.50 bits per heavy atom. The van der Waals surface area contributed by atoms with Crippen molar-refractivity contribution >= 4 is 26.5 Å². The predicted octanol–water partition coefficient (Wildman–Crippen LogP) is 3.61. The summed E-state index contributed by atoms with van der Waals surface area (Å²) in [5.41, 5.74) is 4.80. The summed E-state index contributed by atoms with van der Waals surface area (Å²) in [6.45, 7) is 8.93. The van der Waals surface area contributed by atoms with Gasteiger partial charge in [0.1, 0.15) is 16.5 Å². The highest BCUT2D eigenvalue weighted by Crippen LogP contribution is 2.34. The molecule has 7 heteroatoms. The fraction of sp³-hybridized carbons (Fsp3) is 0.348. The zero-order valence-corrected chi connectivity index (χ0v) is 18.7. The third-order valence-electron chi connectivity index (χ3n) is 5.93. The first-order chi connectivity index (χ1) is 14.3. The van der Waals surface area contributed by atoms with Gasteiger partial charge in [-0.25, -0.2) is 0 Å². The summed E-state index contributed by atoms with van der Waals surface area (Å²) in [6.07, 6.45) is 0. The molecule has 4 rings (SSSR count). The molecule has 6 nitrogen and oxygen atoms in total. The van der Waals surface area contributed by atoms with Gasteiger partial charge in [-0.05, 0) is 61.7 Å². The molecule has 0 unspecified atom stereocenters. The van der Waals surface area contributed by atoms with Crippen molar-refractivity contribution in [1.82, 2.24) is 4.90 Å². The molecule has 0 amide bonds. The molecule has 2 aromatic carbocycles. The molecule has 0 saturated carbocycles. The smallest absolute Gasteiger partial charge is 0.285 e. The van der Waals surface area contributed by atoms with E-state index in [2.05, 4.69) is 26.3 Å². The predicted molar refractivity (Wildman–Crippen MR) is 122 cm³/mol. The second-order valence-electron chi connectivity index (χ2n) is 7.82. The van der Waals surface area contributed by atoms with Gasteiger partial charge in [0.2, 0.25) is 0 Å². The van der Waals surface area contributed by atoms with Crippen LogP contribution in [-0.2, 0) is 10.0 Å². The lowest BCUT2D eigenvalue weighted by atomic mass is 10.0. The molecule has 0 N–H and O–H groups in total. The number of nitrogens with zero attached hydrogens (tertiary/aromatic N) is 3. The van der Waals surface area contributed by atoms with E-state index in [4.69, 9.17) is 4.74 Å². The number of hydrogen-bond donors (Lipinski definition) is 0. The van der Waals surface area contributed by atoms with E-state index in [1.165, 1.54) is 0 Å². The van der Waals surface area contributed by atoms with Crippen LogP contribution in [0.25, 0.3) is 4.91 Å². The Hall–Kier alpha value is -2.80. The molecule has 2 heterocycles. The summed E-state index contributed by atoms with van der Waals surface area (Å²) in [7, 11) is -2.03. The normalized spacial score (nSPS) is 18.6. The molecule has 0 aromatic heterocycles. The van der Waals surface area contributed by atoms with Crippen molar-refractivity contribution in [2.45, 2.75) is 20.8 Å². The lowest BCUT2D eigenvalue weighted by Gasteiger charge is -2.37. The fourth-order valence-corrected chi connectivity index (χ4v) is 5.51. The average molecular weight is 426 g/mol. The monoisotopic (exact) mass is 425 g/mol. The minimum atomic E-state index is -3.69. The van der Waals surface area contributed by atoms with Crippen LogP contribution in [0.4, 0.5) is 5.69 Å². The molecule has 0 spiro atoms. The van der Waals surface area contributed by atoms with Crippen LogP contribution < -0.4 is 9.64 Å². The number of amidine groups is 1. The van der Waals surface area contributed by atoms with Gasteiger partial charge in [-0.2, -0.15) is 8.42 Å². The maximum absolute atomic E-state index is 12.9. The Bertz CT molecular complexity index is 1130. The van der Waals surface area contributed by atoms with Gasteiger partial charge in [0.15, 0.2) is 0 Å². The minimum absolute atomic E-state index is 0.332. The van der Waals surface area contributed by atoms with Crippen LogP contribution in [0, 0.1) is 13.8 Å². The van der Waals surface area contributed by atoms with Gasteiger partial charge >= 0.3 is 0 Å². The van der Waals surface area contributed by atoms with Crippen molar-refractivity contribution in [2.24, 2.45) is 4.40 Å². The maximum atomic E-state index is 12.9. The molecule has 158 valence electrons. The van der Waals surface area contributed by atoms with Gasteiger partial charge in [0, 0.05) is 37.4 Å². The Balaban J connectivity index is 1.54. The summed E-state index contributed by atoms with van der Waals surface area (Å²) in [5, 5.41) is 0. The number of ether oxygens (including phenoxy) is 1. The SMILES string of the molecule is COc1ccc(N2CCN(C3=NS(=O)(=O)C(c4ccc(C)c(C)c4)=C3C)CC2)cc1. The van der Waals surface area contributed by atoms with Crippen molar-refractivity contribution in [1.29, 1.82) is 0 Å². The molecule has 1 fully saturated rings. The third kappa shape index (κ3) is 3.69. The van der Waals surface area contributed by atoms with E-state index in [0.717, 1.165) is 54.3 Å². The molecule has 30 heavy (non-hydrogen) atoms. The highest BCUT2D eigenvalue weighted by atomic mass is 32.2. The first kappa shape index (κ1) is 20.5. The van der Waals surface area contributed by atoms with Crippen LogP contribution in [0.3, 0.4) is 0 Å². The lowest BCUT2D eigenvalue weighted by molar-refractivity contribution is 0.386. The Morgan fingerprint density at radius 1 is 0.867 bits per heavy atom. The number of sulfonamides is 1. The molecule has 2 aliphatic heterocycles. The number of methoxy groups -OCH3 is 1. The zero-order valence-electron chi connectivity index (χ0n) is 17.8. The Morgan fingerprint density at radius 3 is 2.10 bits per heavy atom. The van der Waals surface area contributed by atoms with Crippen molar-refractivity contribution in [3.8, 4) is 5.75 Å². The van der Waals surface area contributed by atoms with Crippen LogP contribution >= 0.6 is 0 Å². The first-order valence-electron chi connectivity index (χ1n) is 10.1. The number of piperazine rings is 1. The van der Waals surface area contributed by atoms with Gasteiger partial charge < -0.3 is 14.5 Å². The summed E-state index contributed by atoms with van der Waals surface area (Å²) < 4.78 is 35.1. The van der Waals surface area contributed by atoms with E-state index in [9.17, 15) is 8.42 Å². The summed E-state index contributed by atoms with van der Waals surface area (Å²) in [6, 6.07) is 13.8. The molecule has 0 bridgehead atoms. The number of anilines is 1. The van der Waals surface area contributed by atoms with Crippen LogP contribution in [0.15, 0.2) is 52.4 Å². The maximum Gasteiger partial charge on any atom is 0.285 e. The zero-order chi connectivity index (χ0) is 21.5. The van der Waals surface area contributed by atoms with E-state index in [1.54, 1.807) is 7.11 Å². The van der Waals surface area contributed by atoms with E-state index < -0.39 is 10.0 Å². The van der Waals surface area contributed by atoms with E-state index in [-0.39, 0.29) is 0 Å². The lowest BCUT2D eigenvalue weighted by Crippen LogP contribution is -2.48. The molecule has 0 atom stereocenters. The quantitative estimate of drug-likeness (QED) is 0.752. The summed E-state index contributed by atoms with van der Waals surface area (Å²) >= 11 is 0. The van der Waals surface area contributed by atoms with Gasteiger partial charge in [-0.3, -0.25) is 0 Å².